The van der Waals surface area contributed by atoms with Crippen LogP contribution in [0, 0.1) is 5.82 Å². The monoisotopic (exact) mass is 328 g/mol. The number of nitrogens with one attached hydrogen (secondary N) is 2. The molecular weight excluding hydrogens is 307 g/mol. The Balaban J connectivity index is 1.66. The van der Waals surface area contributed by atoms with E-state index in [1.54, 1.807) is 18.5 Å². The van der Waals surface area contributed by atoms with E-state index in [-0.39, 0.29) is 11.8 Å². The van der Waals surface area contributed by atoms with Crippen molar-refractivity contribution in [3.05, 3.63) is 54.1 Å². The number of nitrogens with zero attached hydrogens (tertiary/aromatic N) is 2. The lowest BCUT2D eigenvalue weighted by Gasteiger charge is -2.30. The highest BCUT2D eigenvalue weighted by Gasteiger charge is 2.16. The molecule has 1 saturated heterocycles. The maximum Gasteiger partial charge on any atom is 0.319 e. The zero-order valence-corrected chi connectivity index (χ0v) is 13.5. The first-order valence-corrected chi connectivity index (χ1v) is 8.20. The molecule has 0 atom stereocenters. The van der Waals surface area contributed by atoms with E-state index in [9.17, 15) is 9.18 Å². The maximum absolute atomic E-state index is 13.6. The lowest BCUT2D eigenvalue weighted by molar-refractivity contribution is 0.251. The number of carbonyl (C=O) groups excluding carboxylic acids is 1. The molecule has 24 heavy (non-hydrogen) atoms. The number of rotatable bonds is 4. The van der Waals surface area contributed by atoms with Crippen molar-refractivity contribution in [2.24, 2.45) is 0 Å². The summed E-state index contributed by atoms with van der Waals surface area (Å²) in [4.78, 5) is 18.3. The molecule has 2 aromatic rings. The van der Waals surface area contributed by atoms with Gasteiger partial charge in [0, 0.05) is 32.0 Å². The van der Waals surface area contributed by atoms with Crippen LogP contribution in [0.1, 0.15) is 24.8 Å². The fourth-order valence-corrected chi connectivity index (χ4v) is 2.87. The summed E-state index contributed by atoms with van der Waals surface area (Å²) in [6.07, 6.45) is 6.82. The SMILES string of the molecule is O=C(NCc1cccnc1)Nc1cc(F)ccc1N1CCCCC1. The number of aromatic nitrogens is 1. The maximum atomic E-state index is 13.6. The topological polar surface area (TPSA) is 57.3 Å². The Kier molecular flexibility index (Phi) is 5.25. The van der Waals surface area contributed by atoms with Gasteiger partial charge in [0.2, 0.25) is 0 Å². The second kappa shape index (κ2) is 7.77. The first-order valence-electron chi connectivity index (χ1n) is 8.20. The highest BCUT2D eigenvalue weighted by Crippen LogP contribution is 2.29. The van der Waals surface area contributed by atoms with Gasteiger partial charge >= 0.3 is 6.03 Å². The number of hydrogen-bond acceptors (Lipinski definition) is 3. The van der Waals surface area contributed by atoms with Gasteiger partial charge in [0.1, 0.15) is 5.82 Å². The summed E-state index contributed by atoms with van der Waals surface area (Å²) in [5, 5.41) is 5.53. The molecule has 2 heterocycles. The zero-order chi connectivity index (χ0) is 16.8. The smallest absolute Gasteiger partial charge is 0.319 e. The number of pyridine rings is 1. The van der Waals surface area contributed by atoms with Gasteiger partial charge in [-0.15, -0.1) is 0 Å². The average molecular weight is 328 g/mol. The van der Waals surface area contributed by atoms with Crippen molar-refractivity contribution in [3.8, 4) is 0 Å². The van der Waals surface area contributed by atoms with Gasteiger partial charge in [0.25, 0.3) is 0 Å². The van der Waals surface area contributed by atoms with E-state index in [0.717, 1.165) is 37.2 Å². The highest BCUT2D eigenvalue weighted by atomic mass is 19.1. The Morgan fingerprint density at radius 2 is 2.04 bits per heavy atom. The van der Waals surface area contributed by atoms with Crippen molar-refractivity contribution in [1.29, 1.82) is 0 Å². The minimum Gasteiger partial charge on any atom is -0.370 e. The van der Waals surface area contributed by atoms with Crippen LogP contribution in [0.25, 0.3) is 0 Å². The van der Waals surface area contributed by atoms with Crippen molar-refractivity contribution < 1.29 is 9.18 Å². The minimum absolute atomic E-state index is 0.359. The molecule has 0 aliphatic carbocycles. The number of benzene rings is 1. The van der Waals surface area contributed by atoms with E-state index in [4.69, 9.17) is 0 Å². The van der Waals surface area contributed by atoms with E-state index in [1.165, 1.54) is 18.6 Å². The van der Waals surface area contributed by atoms with E-state index < -0.39 is 0 Å². The third-order valence-electron chi connectivity index (χ3n) is 4.08. The Morgan fingerprint density at radius 1 is 1.21 bits per heavy atom. The molecule has 3 rings (SSSR count). The first-order chi connectivity index (χ1) is 11.7. The van der Waals surface area contributed by atoms with Crippen LogP contribution >= 0.6 is 0 Å². The van der Waals surface area contributed by atoms with Gasteiger partial charge in [-0.3, -0.25) is 4.98 Å². The summed E-state index contributed by atoms with van der Waals surface area (Å²) in [5.41, 5.74) is 2.27. The normalized spacial score (nSPS) is 14.3. The standard InChI is InChI=1S/C18H21FN4O/c19-15-6-7-17(23-9-2-1-3-10-23)16(11-15)22-18(24)21-13-14-5-4-8-20-12-14/h4-8,11-12H,1-3,9-10,13H2,(H2,21,22,24). The van der Waals surface area contributed by atoms with Crippen molar-refractivity contribution in [1.82, 2.24) is 10.3 Å². The molecule has 5 nitrogen and oxygen atoms in total. The lowest BCUT2D eigenvalue weighted by atomic mass is 10.1. The Labute approximate surface area is 140 Å². The Morgan fingerprint density at radius 3 is 2.79 bits per heavy atom. The molecule has 1 aromatic carbocycles. The summed E-state index contributed by atoms with van der Waals surface area (Å²) in [6, 6.07) is 7.88. The second-order valence-corrected chi connectivity index (χ2v) is 5.88. The Hall–Kier alpha value is -2.63. The highest BCUT2D eigenvalue weighted by molar-refractivity contribution is 5.93. The van der Waals surface area contributed by atoms with Gasteiger partial charge in [-0.1, -0.05) is 6.07 Å². The predicted molar refractivity (Wildman–Crippen MR) is 92.6 cm³/mol. The van der Waals surface area contributed by atoms with Gasteiger partial charge in [-0.05, 0) is 49.1 Å². The van der Waals surface area contributed by atoms with Crippen LogP contribution in [0.2, 0.25) is 0 Å². The number of halogens is 1. The third kappa shape index (κ3) is 4.22. The number of anilines is 2. The molecule has 6 heteroatoms. The summed E-state index contributed by atoms with van der Waals surface area (Å²) >= 11 is 0. The van der Waals surface area contributed by atoms with Gasteiger partial charge in [0.15, 0.2) is 0 Å². The van der Waals surface area contributed by atoms with Crippen LogP contribution in [0.5, 0.6) is 0 Å². The minimum atomic E-state index is -0.363. The average Bonchev–Trinajstić information content (AvgIpc) is 2.62. The number of urea groups is 1. The molecule has 0 radical (unpaired) electrons. The molecule has 0 unspecified atom stereocenters. The Bertz CT molecular complexity index is 687. The largest absolute Gasteiger partial charge is 0.370 e. The molecule has 0 spiro atoms. The van der Waals surface area contributed by atoms with Crippen LogP contribution in [0.3, 0.4) is 0 Å². The zero-order valence-electron chi connectivity index (χ0n) is 13.5. The van der Waals surface area contributed by atoms with E-state index in [2.05, 4.69) is 20.5 Å². The van der Waals surface area contributed by atoms with E-state index >= 15 is 0 Å². The molecule has 0 bridgehead atoms. The van der Waals surface area contributed by atoms with Crippen molar-refractivity contribution in [3.63, 3.8) is 0 Å². The van der Waals surface area contributed by atoms with E-state index in [1.807, 2.05) is 12.1 Å². The van der Waals surface area contributed by atoms with Crippen LogP contribution < -0.4 is 15.5 Å². The summed E-state index contributed by atoms with van der Waals surface area (Å²) in [7, 11) is 0. The molecule has 0 saturated carbocycles. The van der Waals surface area contributed by atoms with Crippen molar-refractivity contribution in [2.45, 2.75) is 25.8 Å². The predicted octanol–water partition coefficient (Wildman–Crippen LogP) is 3.53. The quantitative estimate of drug-likeness (QED) is 0.903. The van der Waals surface area contributed by atoms with Gasteiger partial charge < -0.3 is 15.5 Å². The summed E-state index contributed by atoms with van der Waals surface area (Å²) in [5.74, 6) is -0.363. The first kappa shape index (κ1) is 16.2. The molecule has 1 aromatic heterocycles. The molecule has 1 aliphatic heterocycles. The lowest BCUT2D eigenvalue weighted by Crippen LogP contribution is -2.32. The number of carbonyl (C=O) groups is 1. The number of amides is 2. The van der Waals surface area contributed by atoms with Crippen molar-refractivity contribution in [2.75, 3.05) is 23.3 Å². The van der Waals surface area contributed by atoms with E-state index in [0.29, 0.717) is 12.2 Å². The van der Waals surface area contributed by atoms with Crippen LogP contribution in [0.15, 0.2) is 42.7 Å². The summed E-state index contributed by atoms with van der Waals surface area (Å²) in [6.45, 7) is 2.23. The molecule has 1 aliphatic rings. The van der Waals surface area contributed by atoms with Gasteiger partial charge in [0.05, 0.1) is 11.4 Å². The van der Waals surface area contributed by atoms with Crippen LogP contribution in [0.4, 0.5) is 20.6 Å². The van der Waals surface area contributed by atoms with Gasteiger partial charge in [-0.2, -0.15) is 0 Å². The van der Waals surface area contributed by atoms with Crippen molar-refractivity contribution >= 4 is 17.4 Å². The fourth-order valence-electron chi connectivity index (χ4n) is 2.87. The van der Waals surface area contributed by atoms with Crippen LogP contribution in [-0.4, -0.2) is 24.1 Å². The molecule has 126 valence electrons. The number of piperidine rings is 1. The molecular formula is C18H21FN4O. The third-order valence-corrected chi connectivity index (χ3v) is 4.08. The second-order valence-electron chi connectivity index (χ2n) is 5.88. The van der Waals surface area contributed by atoms with Gasteiger partial charge in [-0.25, -0.2) is 9.18 Å². The fraction of sp³-hybridized carbons (Fsp3) is 0.333. The summed E-state index contributed by atoms with van der Waals surface area (Å²) < 4.78 is 13.6. The molecule has 2 amide bonds. The number of hydrogen-bond donors (Lipinski definition) is 2. The van der Waals surface area contributed by atoms with Crippen LogP contribution in [-0.2, 0) is 6.54 Å². The molecule has 2 N–H and O–H groups in total. The molecule has 1 fully saturated rings.